The highest BCUT2D eigenvalue weighted by molar-refractivity contribution is 6.05. The van der Waals surface area contributed by atoms with Gasteiger partial charge in [0.1, 0.15) is 0 Å². The van der Waals surface area contributed by atoms with E-state index in [0.29, 0.717) is 27.4 Å². The van der Waals surface area contributed by atoms with E-state index < -0.39 is 0 Å². The van der Waals surface area contributed by atoms with Gasteiger partial charge in [-0.1, -0.05) is 17.7 Å². The number of nitrogens with zero attached hydrogens (tertiary/aromatic N) is 3. The van der Waals surface area contributed by atoms with E-state index >= 15 is 0 Å². The van der Waals surface area contributed by atoms with Crippen molar-refractivity contribution < 1.29 is 5.11 Å². The fourth-order valence-corrected chi connectivity index (χ4v) is 3.43. The van der Waals surface area contributed by atoms with Crippen molar-refractivity contribution in [3.8, 4) is 5.69 Å². The van der Waals surface area contributed by atoms with Gasteiger partial charge in [0.2, 0.25) is 0 Å². The summed E-state index contributed by atoms with van der Waals surface area (Å²) >= 11 is 0. The number of aliphatic hydroxyl groups is 1. The standard InChI is InChI=1S/C21H19N3O3/c1-13-3-5-15(6-4-13)24-10-8-17-19(21(24)27)16-7-9-23(11-12-25)20(26)18(16)14(2)22-17/h3-10,25H,11-12H2,1-2H3. The van der Waals surface area contributed by atoms with Gasteiger partial charge in [-0.25, -0.2) is 0 Å². The zero-order valence-electron chi connectivity index (χ0n) is 15.1. The third kappa shape index (κ3) is 2.74. The first kappa shape index (κ1) is 17.2. The Kier molecular flexibility index (Phi) is 4.12. The average molecular weight is 361 g/mol. The minimum absolute atomic E-state index is 0.133. The summed E-state index contributed by atoms with van der Waals surface area (Å²) in [5, 5.41) is 10.6. The second kappa shape index (κ2) is 6.48. The molecule has 27 heavy (non-hydrogen) atoms. The molecule has 0 radical (unpaired) electrons. The number of hydrogen-bond donors (Lipinski definition) is 1. The largest absolute Gasteiger partial charge is 0.395 e. The van der Waals surface area contributed by atoms with Crippen LogP contribution in [0.4, 0.5) is 0 Å². The van der Waals surface area contributed by atoms with Gasteiger partial charge in [-0.3, -0.25) is 19.1 Å². The molecule has 0 aliphatic heterocycles. The first-order valence-corrected chi connectivity index (χ1v) is 8.74. The van der Waals surface area contributed by atoms with Crippen molar-refractivity contribution in [2.24, 2.45) is 0 Å². The van der Waals surface area contributed by atoms with Crippen molar-refractivity contribution in [3.63, 3.8) is 0 Å². The Morgan fingerprint density at radius 1 is 0.926 bits per heavy atom. The van der Waals surface area contributed by atoms with Crippen molar-refractivity contribution in [2.45, 2.75) is 20.4 Å². The molecule has 0 aliphatic carbocycles. The lowest BCUT2D eigenvalue weighted by Gasteiger charge is -2.12. The number of aryl methyl sites for hydroxylation is 2. The average Bonchev–Trinajstić information content (AvgIpc) is 2.65. The van der Waals surface area contributed by atoms with Crippen molar-refractivity contribution in [1.29, 1.82) is 0 Å². The Labute approximate surface area is 155 Å². The fourth-order valence-electron chi connectivity index (χ4n) is 3.43. The number of rotatable bonds is 3. The maximum Gasteiger partial charge on any atom is 0.265 e. The van der Waals surface area contributed by atoms with Crippen LogP contribution in [0, 0.1) is 13.8 Å². The van der Waals surface area contributed by atoms with Gasteiger partial charge in [0.05, 0.1) is 28.6 Å². The summed E-state index contributed by atoms with van der Waals surface area (Å²) in [5.41, 5.74) is 2.54. The summed E-state index contributed by atoms with van der Waals surface area (Å²) in [6.45, 7) is 3.82. The molecule has 0 atom stereocenters. The van der Waals surface area contributed by atoms with Crippen LogP contribution in [0.1, 0.15) is 11.3 Å². The fraction of sp³-hybridized carbons (Fsp3) is 0.190. The highest BCUT2D eigenvalue weighted by atomic mass is 16.3. The van der Waals surface area contributed by atoms with E-state index in [2.05, 4.69) is 4.98 Å². The summed E-state index contributed by atoms with van der Waals surface area (Å²) in [5.74, 6) is 0. The van der Waals surface area contributed by atoms with Crippen LogP contribution in [0.5, 0.6) is 0 Å². The molecule has 0 bridgehead atoms. The lowest BCUT2D eigenvalue weighted by molar-refractivity contribution is 0.274. The summed E-state index contributed by atoms with van der Waals surface area (Å²) in [6.07, 6.45) is 3.32. The molecule has 0 amide bonds. The molecule has 4 rings (SSSR count). The third-order valence-corrected chi connectivity index (χ3v) is 4.81. The monoisotopic (exact) mass is 361 g/mol. The number of hydrogen-bond acceptors (Lipinski definition) is 4. The van der Waals surface area contributed by atoms with Gasteiger partial charge in [0.25, 0.3) is 11.1 Å². The van der Waals surface area contributed by atoms with Crippen molar-refractivity contribution in [1.82, 2.24) is 14.1 Å². The van der Waals surface area contributed by atoms with Crippen molar-refractivity contribution in [2.75, 3.05) is 6.61 Å². The Bertz CT molecular complexity index is 1280. The number of benzene rings is 1. The minimum atomic E-state index is -0.251. The van der Waals surface area contributed by atoms with Crippen LogP contribution < -0.4 is 11.1 Å². The summed E-state index contributed by atoms with van der Waals surface area (Å²) in [6, 6.07) is 11.2. The molecule has 3 aromatic heterocycles. The van der Waals surface area contributed by atoms with Crippen LogP contribution in [0.25, 0.3) is 27.4 Å². The Balaban J connectivity index is 2.10. The molecule has 136 valence electrons. The first-order chi connectivity index (χ1) is 13.0. The van der Waals surface area contributed by atoms with Crippen LogP contribution in [-0.2, 0) is 6.54 Å². The van der Waals surface area contributed by atoms with Crippen LogP contribution in [0.2, 0.25) is 0 Å². The third-order valence-electron chi connectivity index (χ3n) is 4.81. The molecule has 0 aliphatic rings. The zero-order valence-corrected chi connectivity index (χ0v) is 15.1. The van der Waals surface area contributed by atoms with Crippen LogP contribution >= 0.6 is 0 Å². The first-order valence-electron chi connectivity index (χ1n) is 8.74. The van der Waals surface area contributed by atoms with Gasteiger partial charge in [-0.15, -0.1) is 0 Å². The zero-order chi connectivity index (χ0) is 19.1. The normalized spacial score (nSPS) is 11.4. The molecule has 0 saturated heterocycles. The number of aliphatic hydroxyl groups excluding tert-OH is 1. The molecule has 4 aromatic rings. The Morgan fingerprint density at radius 2 is 1.67 bits per heavy atom. The maximum atomic E-state index is 13.2. The molecule has 0 spiro atoms. The van der Waals surface area contributed by atoms with Gasteiger partial charge in [0, 0.05) is 30.0 Å². The highest BCUT2D eigenvalue weighted by Gasteiger charge is 2.15. The molecule has 0 fully saturated rings. The van der Waals surface area contributed by atoms with E-state index in [-0.39, 0.29) is 24.3 Å². The lowest BCUT2D eigenvalue weighted by Crippen LogP contribution is -2.24. The molecular weight excluding hydrogens is 342 g/mol. The van der Waals surface area contributed by atoms with Gasteiger partial charge >= 0.3 is 0 Å². The molecule has 6 heteroatoms. The van der Waals surface area contributed by atoms with E-state index in [1.165, 1.54) is 4.57 Å². The number of aromatic nitrogens is 3. The van der Waals surface area contributed by atoms with Crippen molar-refractivity contribution >= 4 is 21.7 Å². The second-order valence-electron chi connectivity index (χ2n) is 6.61. The molecule has 1 N–H and O–H groups in total. The predicted molar refractivity (Wildman–Crippen MR) is 106 cm³/mol. The SMILES string of the molecule is Cc1ccc(-n2ccc3nc(C)c4c(=O)n(CCO)ccc4c3c2=O)cc1. The molecule has 6 nitrogen and oxygen atoms in total. The van der Waals surface area contributed by atoms with E-state index in [4.69, 9.17) is 5.11 Å². The van der Waals surface area contributed by atoms with E-state index in [1.807, 2.05) is 31.2 Å². The van der Waals surface area contributed by atoms with Gasteiger partial charge < -0.3 is 9.67 Å². The van der Waals surface area contributed by atoms with Crippen LogP contribution in [-0.4, -0.2) is 25.8 Å². The maximum absolute atomic E-state index is 13.2. The summed E-state index contributed by atoms with van der Waals surface area (Å²) in [4.78, 5) is 30.5. The van der Waals surface area contributed by atoms with Crippen molar-refractivity contribution in [3.05, 3.63) is 80.8 Å². The Morgan fingerprint density at radius 3 is 2.37 bits per heavy atom. The highest BCUT2D eigenvalue weighted by Crippen LogP contribution is 2.22. The Hall–Kier alpha value is -3.25. The quantitative estimate of drug-likeness (QED) is 0.568. The molecule has 0 unspecified atom stereocenters. The lowest BCUT2D eigenvalue weighted by atomic mass is 10.1. The molecule has 3 heterocycles. The summed E-state index contributed by atoms with van der Waals surface area (Å²) in [7, 11) is 0. The minimum Gasteiger partial charge on any atom is -0.395 e. The molecular formula is C21H19N3O3. The second-order valence-corrected chi connectivity index (χ2v) is 6.61. The van der Waals surface area contributed by atoms with E-state index in [1.54, 1.807) is 36.0 Å². The van der Waals surface area contributed by atoms with Gasteiger partial charge in [0.15, 0.2) is 0 Å². The molecule has 0 saturated carbocycles. The van der Waals surface area contributed by atoms with E-state index in [9.17, 15) is 9.59 Å². The number of pyridine rings is 3. The van der Waals surface area contributed by atoms with Crippen LogP contribution in [0.3, 0.4) is 0 Å². The topological polar surface area (TPSA) is 77.1 Å². The molecule has 1 aromatic carbocycles. The number of fused-ring (bicyclic) bond motifs is 3. The van der Waals surface area contributed by atoms with E-state index in [0.717, 1.165) is 11.3 Å². The smallest absolute Gasteiger partial charge is 0.265 e. The van der Waals surface area contributed by atoms with Gasteiger partial charge in [-0.05, 0) is 38.1 Å². The predicted octanol–water partition coefficient (Wildman–Crippen LogP) is 2.31. The van der Waals surface area contributed by atoms with Crippen LogP contribution in [0.15, 0.2) is 58.4 Å². The van der Waals surface area contributed by atoms with Gasteiger partial charge in [-0.2, -0.15) is 0 Å². The summed E-state index contributed by atoms with van der Waals surface area (Å²) < 4.78 is 3.00.